The third-order valence-electron chi connectivity index (χ3n) is 8.10. The van der Waals surface area contributed by atoms with E-state index in [4.69, 9.17) is 4.74 Å². The van der Waals surface area contributed by atoms with Gasteiger partial charge in [-0.15, -0.1) is 0 Å². The van der Waals surface area contributed by atoms with Crippen molar-refractivity contribution in [1.29, 1.82) is 0 Å². The van der Waals surface area contributed by atoms with Gasteiger partial charge in [0.2, 0.25) is 0 Å². The molecular weight excluding hydrogens is 300 g/mol. The van der Waals surface area contributed by atoms with E-state index in [-0.39, 0.29) is 22.9 Å². The second kappa shape index (κ2) is 5.44. The van der Waals surface area contributed by atoms with Gasteiger partial charge >= 0.3 is 5.97 Å². The van der Waals surface area contributed by atoms with Crippen molar-refractivity contribution in [2.24, 2.45) is 28.6 Å². The largest absolute Gasteiger partial charge is 0.462 e. The minimum Gasteiger partial charge on any atom is -0.462 e. The molecule has 3 saturated carbocycles. The number of rotatable bonds is 1. The predicted molar refractivity (Wildman–Crippen MR) is 92.3 cm³/mol. The molecule has 0 bridgehead atoms. The number of carbonyl (C=O) groups is 2. The number of esters is 1. The summed E-state index contributed by atoms with van der Waals surface area (Å²) in [6.07, 6.45) is 10.8. The summed E-state index contributed by atoms with van der Waals surface area (Å²) in [4.78, 5) is 23.7. The lowest BCUT2D eigenvalue weighted by molar-refractivity contribution is -0.148. The third kappa shape index (κ3) is 2.23. The van der Waals surface area contributed by atoms with Gasteiger partial charge in [-0.1, -0.05) is 25.5 Å². The zero-order valence-electron chi connectivity index (χ0n) is 15.3. The highest BCUT2D eigenvalue weighted by Gasteiger charge is 2.58. The van der Waals surface area contributed by atoms with Crippen LogP contribution in [0.25, 0.3) is 0 Å². The van der Waals surface area contributed by atoms with Crippen LogP contribution < -0.4 is 0 Å². The molecule has 0 radical (unpaired) electrons. The molecule has 0 aromatic heterocycles. The first kappa shape index (κ1) is 16.4. The Morgan fingerprint density at radius 3 is 2.58 bits per heavy atom. The second-order valence-corrected chi connectivity index (χ2v) is 9.15. The van der Waals surface area contributed by atoms with Gasteiger partial charge in [-0.25, -0.2) is 0 Å². The summed E-state index contributed by atoms with van der Waals surface area (Å²) < 4.78 is 5.50. The average molecular weight is 330 g/mol. The first-order valence-corrected chi connectivity index (χ1v) is 9.74. The van der Waals surface area contributed by atoms with Crippen LogP contribution in [0, 0.1) is 28.6 Å². The number of ketones is 1. The van der Waals surface area contributed by atoms with Crippen LogP contribution in [0.5, 0.6) is 0 Å². The van der Waals surface area contributed by atoms with Gasteiger partial charge in [0, 0.05) is 25.2 Å². The van der Waals surface area contributed by atoms with Crippen molar-refractivity contribution >= 4 is 11.8 Å². The van der Waals surface area contributed by atoms with E-state index in [9.17, 15) is 9.59 Å². The molecule has 4 aliphatic rings. The molecule has 3 heteroatoms. The fraction of sp³-hybridized carbons (Fsp3) is 0.810. The lowest BCUT2D eigenvalue weighted by Crippen LogP contribution is -2.50. The fourth-order valence-corrected chi connectivity index (χ4v) is 6.73. The third-order valence-corrected chi connectivity index (χ3v) is 8.10. The predicted octanol–water partition coefficient (Wildman–Crippen LogP) is 4.45. The topological polar surface area (TPSA) is 43.4 Å². The monoisotopic (exact) mass is 330 g/mol. The lowest BCUT2D eigenvalue weighted by Gasteiger charge is -2.56. The molecule has 6 atom stereocenters. The molecule has 0 saturated heterocycles. The highest BCUT2D eigenvalue weighted by Crippen LogP contribution is 2.64. The van der Waals surface area contributed by atoms with Crippen LogP contribution in [0.3, 0.4) is 0 Å². The summed E-state index contributed by atoms with van der Waals surface area (Å²) in [6.45, 7) is 6.19. The van der Waals surface area contributed by atoms with E-state index in [1.807, 2.05) is 0 Å². The molecule has 0 amide bonds. The van der Waals surface area contributed by atoms with E-state index in [2.05, 4.69) is 19.9 Å². The van der Waals surface area contributed by atoms with Crippen LogP contribution in [0.1, 0.15) is 72.1 Å². The van der Waals surface area contributed by atoms with E-state index in [0.29, 0.717) is 23.5 Å². The molecule has 0 aliphatic heterocycles. The molecule has 0 heterocycles. The Morgan fingerprint density at radius 1 is 1.12 bits per heavy atom. The Morgan fingerprint density at radius 2 is 1.83 bits per heavy atom. The number of carbonyl (C=O) groups excluding carboxylic acids is 2. The van der Waals surface area contributed by atoms with E-state index >= 15 is 0 Å². The van der Waals surface area contributed by atoms with Crippen LogP contribution in [0.2, 0.25) is 0 Å². The number of hydrogen-bond donors (Lipinski definition) is 0. The Kier molecular flexibility index (Phi) is 3.71. The second-order valence-electron chi connectivity index (χ2n) is 9.15. The molecule has 24 heavy (non-hydrogen) atoms. The molecule has 2 unspecified atom stereocenters. The van der Waals surface area contributed by atoms with Crippen molar-refractivity contribution < 1.29 is 14.3 Å². The van der Waals surface area contributed by atoms with Crippen molar-refractivity contribution in [3.8, 4) is 0 Å². The first-order valence-electron chi connectivity index (χ1n) is 9.74. The quantitative estimate of drug-likeness (QED) is 0.527. The number of hydrogen-bond acceptors (Lipinski definition) is 3. The Labute approximate surface area is 145 Å². The molecule has 0 spiro atoms. The molecule has 3 nitrogen and oxygen atoms in total. The van der Waals surface area contributed by atoms with E-state index in [1.165, 1.54) is 18.9 Å². The summed E-state index contributed by atoms with van der Waals surface area (Å²) in [6, 6.07) is 0. The smallest absolute Gasteiger partial charge is 0.302 e. The van der Waals surface area contributed by atoms with E-state index in [1.54, 1.807) is 0 Å². The Balaban J connectivity index is 1.60. The Hall–Kier alpha value is -1.12. The summed E-state index contributed by atoms with van der Waals surface area (Å²) >= 11 is 0. The molecule has 132 valence electrons. The van der Waals surface area contributed by atoms with Gasteiger partial charge in [0.05, 0.1) is 0 Å². The maximum absolute atomic E-state index is 12.4. The zero-order chi connectivity index (χ0) is 17.1. The van der Waals surface area contributed by atoms with Gasteiger partial charge in [0.1, 0.15) is 11.9 Å². The number of fused-ring (bicyclic) bond motifs is 5. The number of Topliss-reactive ketones (excluding diaryl/α,β-unsaturated/α-hetero) is 1. The molecule has 0 N–H and O–H groups in total. The number of allylic oxidation sites excluding steroid dienone is 1. The van der Waals surface area contributed by atoms with E-state index < -0.39 is 0 Å². The van der Waals surface area contributed by atoms with Crippen molar-refractivity contribution in [3.05, 3.63) is 11.6 Å². The van der Waals surface area contributed by atoms with Gasteiger partial charge in [0.15, 0.2) is 0 Å². The zero-order valence-corrected chi connectivity index (χ0v) is 15.3. The van der Waals surface area contributed by atoms with Crippen LogP contribution in [0.15, 0.2) is 11.6 Å². The van der Waals surface area contributed by atoms with Gasteiger partial charge in [0.25, 0.3) is 0 Å². The summed E-state index contributed by atoms with van der Waals surface area (Å²) in [5, 5.41) is 0. The maximum atomic E-state index is 12.4. The molecular formula is C21H30O3. The number of ether oxygens (including phenoxy) is 1. The summed E-state index contributed by atoms with van der Waals surface area (Å²) in [5.41, 5.74) is 1.74. The average Bonchev–Trinajstić information content (AvgIpc) is 2.83. The first-order chi connectivity index (χ1) is 11.3. The van der Waals surface area contributed by atoms with Crippen LogP contribution in [0.4, 0.5) is 0 Å². The van der Waals surface area contributed by atoms with Crippen molar-refractivity contribution in [3.63, 3.8) is 0 Å². The van der Waals surface area contributed by atoms with Crippen molar-refractivity contribution in [2.45, 2.75) is 78.2 Å². The fourth-order valence-electron chi connectivity index (χ4n) is 6.73. The standard InChI is InChI=1S/C21H30O3/c1-13(22)24-15-8-10-20(2)14(12-15)4-5-16-17-6-7-19(23)21(17,3)11-9-18(16)20/h4,15-18H,5-12H2,1-3H3/t15-,16-,17-,18?,20-,21?/m0/s1. The Bertz CT molecular complexity index is 606. The SMILES string of the molecule is CC(=O)O[C@H]1CC[C@@]2(C)C(=CC[C@@H]3C2CCC2(C)C(=O)CC[C@@H]32)C1. The summed E-state index contributed by atoms with van der Waals surface area (Å²) in [7, 11) is 0. The molecule has 3 fully saturated rings. The minimum absolute atomic E-state index is 0.0438. The van der Waals surface area contributed by atoms with Crippen molar-refractivity contribution in [1.82, 2.24) is 0 Å². The van der Waals surface area contributed by atoms with Gasteiger partial charge in [-0.3, -0.25) is 9.59 Å². The van der Waals surface area contributed by atoms with Crippen LogP contribution in [-0.2, 0) is 14.3 Å². The summed E-state index contributed by atoms with van der Waals surface area (Å²) in [5.74, 6) is 2.33. The molecule has 4 rings (SSSR count). The van der Waals surface area contributed by atoms with Crippen molar-refractivity contribution in [2.75, 3.05) is 0 Å². The minimum atomic E-state index is -0.157. The highest BCUT2D eigenvalue weighted by molar-refractivity contribution is 5.87. The maximum Gasteiger partial charge on any atom is 0.302 e. The van der Waals surface area contributed by atoms with E-state index in [0.717, 1.165) is 44.9 Å². The van der Waals surface area contributed by atoms with Crippen LogP contribution in [-0.4, -0.2) is 17.9 Å². The normalized spacial score (nSPS) is 47.3. The van der Waals surface area contributed by atoms with Crippen LogP contribution >= 0.6 is 0 Å². The highest BCUT2D eigenvalue weighted by atomic mass is 16.5. The van der Waals surface area contributed by atoms with Gasteiger partial charge in [-0.05, 0) is 61.7 Å². The van der Waals surface area contributed by atoms with Gasteiger partial charge < -0.3 is 4.74 Å². The molecule has 4 aliphatic carbocycles. The lowest BCUT2D eigenvalue weighted by atomic mass is 9.48. The molecule has 0 aromatic carbocycles. The van der Waals surface area contributed by atoms with Gasteiger partial charge in [-0.2, -0.15) is 0 Å². The molecule has 0 aromatic rings.